The number of hydrogen-bond donors (Lipinski definition) is 2. The molecule has 0 heterocycles. The minimum Gasteiger partial charge on any atom is -0.497 e. The predicted octanol–water partition coefficient (Wildman–Crippen LogP) is 1.25. The summed E-state index contributed by atoms with van der Waals surface area (Å²) in [6, 6.07) is 5.54. The molecule has 0 aliphatic carbocycles. The second-order valence-corrected chi connectivity index (χ2v) is 3.48. The summed E-state index contributed by atoms with van der Waals surface area (Å²) in [7, 11) is 3.21. The Balaban J connectivity index is 2.55. The molecule has 0 aliphatic rings. The minimum atomic E-state index is -0.0338. The van der Waals surface area contributed by atoms with E-state index in [4.69, 9.17) is 9.47 Å². The number of carbonyl (C=O) groups is 1. The molecule has 0 radical (unpaired) electrons. The van der Waals surface area contributed by atoms with E-state index in [1.807, 2.05) is 12.1 Å². The van der Waals surface area contributed by atoms with Crippen molar-refractivity contribution in [2.75, 3.05) is 32.6 Å². The highest BCUT2D eigenvalue weighted by Crippen LogP contribution is 2.28. The van der Waals surface area contributed by atoms with Gasteiger partial charge in [0, 0.05) is 26.1 Å². The fraction of sp³-hybridized carbons (Fsp3) is 0.417. The third kappa shape index (κ3) is 4.22. The third-order valence-electron chi connectivity index (χ3n) is 2.22. The second-order valence-electron chi connectivity index (χ2n) is 3.48. The molecule has 5 heteroatoms. The average Bonchev–Trinajstić information content (AvgIpc) is 2.34. The van der Waals surface area contributed by atoms with E-state index in [-0.39, 0.29) is 5.91 Å². The zero-order valence-electron chi connectivity index (χ0n) is 10.4. The maximum atomic E-state index is 10.7. The maximum Gasteiger partial charge on any atom is 0.216 e. The van der Waals surface area contributed by atoms with Crippen molar-refractivity contribution in [1.29, 1.82) is 0 Å². The van der Waals surface area contributed by atoms with Crippen molar-refractivity contribution in [3.8, 4) is 11.5 Å². The number of anilines is 1. The topological polar surface area (TPSA) is 59.6 Å². The van der Waals surface area contributed by atoms with Crippen LogP contribution in [0.2, 0.25) is 0 Å². The van der Waals surface area contributed by atoms with E-state index in [0.29, 0.717) is 18.8 Å². The van der Waals surface area contributed by atoms with Crippen LogP contribution in [0.5, 0.6) is 11.5 Å². The van der Waals surface area contributed by atoms with E-state index >= 15 is 0 Å². The molecule has 1 aromatic rings. The van der Waals surface area contributed by atoms with Crippen LogP contribution in [-0.4, -0.2) is 33.2 Å². The molecule has 1 rings (SSSR count). The zero-order valence-corrected chi connectivity index (χ0v) is 10.4. The van der Waals surface area contributed by atoms with Gasteiger partial charge >= 0.3 is 0 Å². The molecular weight excluding hydrogens is 220 g/mol. The summed E-state index contributed by atoms with van der Waals surface area (Å²) in [6.45, 7) is 2.71. The first-order valence-electron chi connectivity index (χ1n) is 5.37. The van der Waals surface area contributed by atoms with Gasteiger partial charge in [-0.1, -0.05) is 0 Å². The number of amides is 1. The van der Waals surface area contributed by atoms with Crippen LogP contribution in [-0.2, 0) is 4.79 Å². The Bertz CT molecular complexity index is 380. The number of ether oxygens (including phenoxy) is 2. The molecule has 0 bridgehead atoms. The van der Waals surface area contributed by atoms with Gasteiger partial charge in [0.15, 0.2) is 0 Å². The van der Waals surface area contributed by atoms with E-state index in [1.54, 1.807) is 20.3 Å². The van der Waals surface area contributed by atoms with Crippen LogP contribution in [0.1, 0.15) is 6.92 Å². The van der Waals surface area contributed by atoms with Gasteiger partial charge < -0.3 is 20.1 Å². The van der Waals surface area contributed by atoms with E-state index in [9.17, 15) is 4.79 Å². The Labute approximate surface area is 101 Å². The average molecular weight is 238 g/mol. The Morgan fingerprint density at radius 3 is 2.59 bits per heavy atom. The molecular formula is C12H18N2O3. The van der Waals surface area contributed by atoms with Gasteiger partial charge in [-0.2, -0.15) is 0 Å². The fourth-order valence-corrected chi connectivity index (χ4v) is 1.38. The molecule has 0 fully saturated rings. The molecule has 17 heavy (non-hydrogen) atoms. The van der Waals surface area contributed by atoms with Gasteiger partial charge in [-0.15, -0.1) is 0 Å². The summed E-state index contributed by atoms with van der Waals surface area (Å²) >= 11 is 0. The normalized spacial score (nSPS) is 9.59. The standard InChI is InChI=1S/C12H18N2O3/c1-9(15)13-6-7-14-11-5-4-10(16-2)8-12(11)17-3/h4-5,8,14H,6-7H2,1-3H3,(H,13,15). The molecule has 1 aromatic carbocycles. The van der Waals surface area contributed by atoms with Crippen LogP contribution < -0.4 is 20.1 Å². The Hall–Kier alpha value is -1.91. The van der Waals surface area contributed by atoms with Crippen LogP contribution in [0.25, 0.3) is 0 Å². The summed E-state index contributed by atoms with van der Waals surface area (Å²) in [5.41, 5.74) is 0.874. The highest BCUT2D eigenvalue weighted by atomic mass is 16.5. The summed E-state index contributed by atoms with van der Waals surface area (Å²) in [4.78, 5) is 10.7. The van der Waals surface area contributed by atoms with Gasteiger partial charge in [0.25, 0.3) is 0 Å². The van der Waals surface area contributed by atoms with Crippen molar-refractivity contribution in [2.24, 2.45) is 0 Å². The number of nitrogens with one attached hydrogen (secondary N) is 2. The fourth-order valence-electron chi connectivity index (χ4n) is 1.38. The SMILES string of the molecule is COc1ccc(NCCNC(C)=O)c(OC)c1. The summed E-state index contributed by atoms with van der Waals surface area (Å²) < 4.78 is 10.3. The van der Waals surface area contributed by atoms with Crippen LogP contribution in [0.15, 0.2) is 18.2 Å². The molecule has 94 valence electrons. The maximum absolute atomic E-state index is 10.7. The lowest BCUT2D eigenvalue weighted by atomic mass is 10.2. The monoisotopic (exact) mass is 238 g/mol. The van der Waals surface area contributed by atoms with Gasteiger partial charge in [-0.25, -0.2) is 0 Å². The number of hydrogen-bond acceptors (Lipinski definition) is 4. The first-order valence-corrected chi connectivity index (χ1v) is 5.37. The van der Waals surface area contributed by atoms with Crippen molar-refractivity contribution >= 4 is 11.6 Å². The van der Waals surface area contributed by atoms with Crippen molar-refractivity contribution in [3.63, 3.8) is 0 Å². The molecule has 0 saturated carbocycles. The van der Waals surface area contributed by atoms with Crippen molar-refractivity contribution in [3.05, 3.63) is 18.2 Å². The lowest BCUT2D eigenvalue weighted by Gasteiger charge is -2.12. The molecule has 0 aliphatic heterocycles. The van der Waals surface area contributed by atoms with E-state index in [0.717, 1.165) is 11.4 Å². The van der Waals surface area contributed by atoms with Gasteiger partial charge in [0.2, 0.25) is 5.91 Å². The number of methoxy groups -OCH3 is 2. The Morgan fingerprint density at radius 2 is 2.00 bits per heavy atom. The first kappa shape index (κ1) is 13.2. The molecule has 2 N–H and O–H groups in total. The molecule has 1 amide bonds. The first-order chi connectivity index (χ1) is 8.17. The summed E-state index contributed by atoms with van der Waals surface area (Å²) in [5.74, 6) is 1.43. The van der Waals surface area contributed by atoms with Crippen LogP contribution >= 0.6 is 0 Å². The largest absolute Gasteiger partial charge is 0.497 e. The van der Waals surface area contributed by atoms with Gasteiger partial charge in [0.1, 0.15) is 11.5 Å². The van der Waals surface area contributed by atoms with Crippen molar-refractivity contribution in [2.45, 2.75) is 6.92 Å². The molecule has 0 aromatic heterocycles. The summed E-state index contributed by atoms with van der Waals surface area (Å²) in [5, 5.41) is 5.88. The Morgan fingerprint density at radius 1 is 1.24 bits per heavy atom. The molecule has 0 spiro atoms. The van der Waals surface area contributed by atoms with Crippen LogP contribution in [0.4, 0.5) is 5.69 Å². The number of carbonyl (C=O) groups excluding carboxylic acids is 1. The molecule has 0 saturated heterocycles. The number of rotatable bonds is 6. The number of benzene rings is 1. The van der Waals surface area contributed by atoms with Gasteiger partial charge in [0.05, 0.1) is 19.9 Å². The smallest absolute Gasteiger partial charge is 0.216 e. The third-order valence-corrected chi connectivity index (χ3v) is 2.22. The van der Waals surface area contributed by atoms with Crippen molar-refractivity contribution < 1.29 is 14.3 Å². The zero-order chi connectivity index (χ0) is 12.7. The summed E-state index contributed by atoms with van der Waals surface area (Å²) in [6.07, 6.45) is 0. The highest BCUT2D eigenvalue weighted by molar-refractivity contribution is 5.72. The van der Waals surface area contributed by atoms with Crippen molar-refractivity contribution in [1.82, 2.24) is 5.32 Å². The van der Waals surface area contributed by atoms with E-state index in [2.05, 4.69) is 10.6 Å². The molecule has 0 atom stereocenters. The quantitative estimate of drug-likeness (QED) is 0.732. The van der Waals surface area contributed by atoms with Crippen LogP contribution in [0, 0.1) is 0 Å². The molecule has 0 unspecified atom stereocenters. The highest BCUT2D eigenvalue weighted by Gasteiger charge is 2.03. The lowest BCUT2D eigenvalue weighted by Crippen LogP contribution is -2.26. The second kappa shape index (κ2) is 6.62. The Kier molecular flexibility index (Phi) is 5.13. The van der Waals surface area contributed by atoms with E-state index in [1.165, 1.54) is 6.92 Å². The predicted molar refractivity (Wildman–Crippen MR) is 66.7 cm³/mol. The lowest BCUT2D eigenvalue weighted by molar-refractivity contribution is -0.118. The minimum absolute atomic E-state index is 0.0338. The van der Waals surface area contributed by atoms with E-state index < -0.39 is 0 Å². The van der Waals surface area contributed by atoms with Crippen LogP contribution in [0.3, 0.4) is 0 Å². The van der Waals surface area contributed by atoms with Gasteiger partial charge in [-0.05, 0) is 12.1 Å². The van der Waals surface area contributed by atoms with Gasteiger partial charge in [-0.3, -0.25) is 4.79 Å². The molecule has 5 nitrogen and oxygen atoms in total.